The molecule has 1 saturated heterocycles. The van der Waals surface area contributed by atoms with Gasteiger partial charge in [0.25, 0.3) is 0 Å². The fraction of sp³-hybridized carbons (Fsp3) is 0.583. The normalized spacial score (nSPS) is 25.0. The van der Waals surface area contributed by atoms with Crippen LogP contribution in [-0.2, 0) is 0 Å². The molecule has 0 saturated carbocycles. The maximum absolute atomic E-state index is 10.9. The van der Waals surface area contributed by atoms with Crippen LogP contribution in [0.2, 0.25) is 0 Å². The topological polar surface area (TPSA) is 40.5 Å². The number of nitrogens with zero attached hydrogens (tertiary/aromatic N) is 1. The minimum absolute atomic E-state index is 0.434. The molecule has 1 aliphatic heterocycles. The summed E-state index contributed by atoms with van der Waals surface area (Å²) in [6, 6.07) is 2.91. The molecule has 3 nitrogen and oxygen atoms in total. The fourth-order valence-corrected chi connectivity index (χ4v) is 3.24. The number of hydrogen-bond donors (Lipinski definition) is 1. The van der Waals surface area contributed by atoms with Gasteiger partial charge in [0.1, 0.15) is 4.88 Å². The van der Waals surface area contributed by atoms with Crippen molar-refractivity contribution in [3.63, 3.8) is 0 Å². The third-order valence-electron chi connectivity index (χ3n) is 3.35. The molecule has 1 aliphatic rings. The molecule has 0 aromatic carbocycles. The first-order chi connectivity index (χ1) is 7.63. The van der Waals surface area contributed by atoms with Gasteiger partial charge in [0.05, 0.1) is 0 Å². The van der Waals surface area contributed by atoms with E-state index >= 15 is 0 Å². The lowest BCUT2D eigenvalue weighted by Gasteiger charge is -2.29. The third kappa shape index (κ3) is 1.94. The Kier molecular flexibility index (Phi) is 3.19. The Morgan fingerprint density at radius 1 is 1.62 bits per heavy atom. The van der Waals surface area contributed by atoms with E-state index in [1.165, 1.54) is 24.2 Å². The third-order valence-corrected chi connectivity index (χ3v) is 4.26. The van der Waals surface area contributed by atoms with E-state index in [9.17, 15) is 4.79 Å². The van der Waals surface area contributed by atoms with Gasteiger partial charge in [0.15, 0.2) is 0 Å². The van der Waals surface area contributed by atoms with Crippen LogP contribution in [0, 0.1) is 0 Å². The van der Waals surface area contributed by atoms with Crippen molar-refractivity contribution >= 4 is 23.0 Å². The van der Waals surface area contributed by atoms with Crippen LogP contribution in [-0.4, -0.2) is 23.2 Å². The van der Waals surface area contributed by atoms with E-state index in [0.717, 1.165) is 12.1 Å². The summed E-state index contributed by atoms with van der Waals surface area (Å²) >= 11 is 1.32. The van der Waals surface area contributed by atoms with Gasteiger partial charge in [0.2, 0.25) is 0 Å². The number of rotatable bonds is 3. The molecule has 0 aliphatic carbocycles. The highest BCUT2D eigenvalue weighted by Crippen LogP contribution is 2.34. The predicted octanol–water partition coefficient (Wildman–Crippen LogP) is 3.21. The average molecular weight is 239 g/mol. The van der Waals surface area contributed by atoms with E-state index in [2.05, 4.69) is 18.7 Å². The molecule has 1 N–H and O–H groups in total. The first-order valence-corrected chi connectivity index (χ1v) is 6.61. The number of aromatic carboxylic acids is 1. The molecule has 0 amide bonds. The molecule has 0 radical (unpaired) electrons. The summed E-state index contributed by atoms with van der Waals surface area (Å²) in [5, 5.41) is 10.9. The van der Waals surface area contributed by atoms with Crippen LogP contribution in [0.4, 0.5) is 5.69 Å². The zero-order valence-corrected chi connectivity index (χ0v) is 10.5. The van der Waals surface area contributed by atoms with Crippen LogP contribution >= 0.6 is 11.3 Å². The van der Waals surface area contributed by atoms with Crippen LogP contribution in [0.3, 0.4) is 0 Å². The van der Waals surface area contributed by atoms with Gasteiger partial charge in [-0.25, -0.2) is 4.79 Å². The van der Waals surface area contributed by atoms with Crippen molar-refractivity contribution in [2.45, 2.75) is 45.2 Å². The minimum atomic E-state index is -0.823. The lowest BCUT2D eigenvalue weighted by Crippen LogP contribution is -2.33. The van der Waals surface area contributed by atoms with E-state index in [1.807, 2.05) is 5.38 Å². The number of carbonyl (C=O) groups is 1. The van der Waals surface area contributed by atoms with Crippen molar-refractivity contribution in [2.75, 3.05) is 4.90 Å². The molecule has 2 heterocycles. The van der Waals surface area contributed by atoms with Crippen molar-refractivity contribution in [1.29, 1.82) is 0 Å². The molecular weight excluding hydrogens is 222 g/mol. The molecule has 2 unspecified atom stereocenters. The number of carboxylic acids is 1. The average Bonchev–Trinajstić information content (AvgIpc) is 2.83. The van der Waals surface area contributed by atoms with Crippen LogP contribution in [0.1, 0.15) is 42.8 Å². The zero-order chi connectivity index (χ0) is 11.7. The van der Waals surface area contributed by atoms with E-state index in [4.69, 9.17) is 5.11 Å². The first kappa shape index (κ1) is 11.5. The number of carboxylic acid groups (broad SMARTS) is 1. The fourth-order valence-electron chi connectivity index (χ4n) is 2.51. The summed E-state index contributed by atoms with van der Waals surface area (Å²) in [7, 11) is 0. The highest BCUT2D eigenvalue weighted by Gasteiger charge is 2.30. The van der Waals surface area contributed by atoms with Crippen LogP contribution in [0.5, 0.6) is 0 Å². The second kappa shape index (κ2) is 4.45. The Bertz CT molecular complexity index is 388. The molecule has 2 atom stereocenters. The maximum Gasteiger partial charge on any atom is 0.345 e. The van der Waals surface area contributed by atoms with E-state index < -0.39 is 5.97 Å². The molecule has 88 valence electrons. The number of hydrogen-bond acceptors (Lipinski definition) is 3. The van der Waals surface area contributed by atoms with Crippen molar-refractivity contribution < 1.29 is 9.90 Å². The predicted molar refractivity (Wildman–Crippen MR) is 66.5 cm³/mol. The van der Waals surface area contributed by atoms with Gasteiger partial charge in [-0.3, -0.25) is 0 Å². The maximum atomic E-state index is 10.9. The van der Waals surface area contributed by atoms with Crippen LogP contribution in [0.25, 0.3) is 0 Å². The standard InChI is InChI=1S/C12H17NO2S/c1-3-9-5-4-8(2)13(9)10-6-11(12(14)15)16-7-10/h6-9H,3-5H2,1-2H3,(H,14,15). The second-order valence-electron chi connectivity index (χ2n) is 4.37. The molecule has 2 rings (SSSR count). The number of thiophene rings is 1. The lowest BCUT2D eigenvalue weighted by atomic mass is 10.1. The minimum Gasteiger partial charge on any atom is -0.477 e. The van der Waals surface area contributed by atoms with E-state index in [0.29, 0.717) is 17.0 Å². The Hall–Kier alpha value is -1.03. The summed E-state index contributed by atoms with van der Waals surface area (Å²) in [6.45, 7) is 4.41. The van der Waals surface area contributed by atoms with Gasteiger partial charge < -0.3 is 10.0 Å². The molecule has 0 spiro atoms. The molecule has 16 heavy (non-hydrogen) atoms. The Morgan fingerprint density at radius 3 is 2.94 bits per heavy atom. The van der Waals surface area contributed by atoms with E-state index in [1.54, 1.807) is 6.07 Å². The van der Waals surface area contributed by atoms with Gasteiger partial charge in [-0.2, -0.15) is 0 Å². The monoisotopic (exact) mass is 239 g/mol. The SMILES string of the molecule is CCC1CCC(C)N1c1csc(C(=O)O)c1. The Labute approximate surface area is 99.7 Å². The van der Waals surface area contributed by atoms with Gasteiger partial charge in [-0.15, -0.1) is 11.3 Å². The summed E-state index contributed by atoms with van der Waals surface area (Å²) in [5.74, 6) is -0.823. The lowest BCUT2D eigenvalue weighted by molar-refractivity contribution is 0.0702. The summed E-state index contributed by atoms with van der Waals surface area (Å²) < 4.78 is 0. The van der Waals surface area contributed by atoms with Gasteiger partial charge in [-0.05, 0) is 32.3 Å². The van der Waals surface area contributed by atoms with Gasteiger partial charge in [-0.1, -0.05) is 6.92 Å². The second-order valence-corrected chi connectivity index (χ2v) is 5.28. The molecule has 4 heteroatoms. The Morgan fingerprint density at radius 2 is 2.38 bits per heavy atom. The van der Waals surface area contributed by atoms with Crippen molar-refractivity contribution in [2.24, 2.45) is 0 Å². The summed E-state index contributed by atoms with van der Waals surface area (Å²) in [4.78, 5) is 13.7. The highest BCUT2D eigenvalue weighted by molar-refractivity contribution is 7.12. The molecular formula is C12H17NO2S. The quantitative estimate of drug-likeness (QED) is 0.880. The molecule has 0 bridgehead atoms. The van der Waals surface area contributed by atoms with Crippen molar-refractivity contribution in [3.8, 4) is 0 Å². The summed E-state index contributed by atoms with van der Waals surface area (Å²) in [5.41, 5.74) is 1.08. The van der Waals surface area contributed by atoms with Crippen molar-refractivity contribution in [1.82, 2.24) is 0 Å². The first-order valence-electron chi connectivity index (χ1n) is 5.73. The zero-order valence-electron chi connectivity index (χ0n) is 9.64. The van der Waals surface area contributed by atoms with Crippen LogP contribution < -0.4 is 4.90 Å². The molecule has 1 aromatic rings. The largest absolute Gasteiger partial charge is 0.477 e. The Balaban J connectivity index is 2.24. The molecule has 1 fully saturated rings. The number of anilines is 1. The van der Waals surface area contributed by atoms with Gasteiger partial charge in [0, 0.05) is 23.2 Å². The van der Waals surface area contributed by atoms with Gasteiger partial charge >= 0.3 is 5.97 Å². The molecule has 1 aromatic heterocycles. The highest BCUT2D eigenvalue weighted by atomic mass is 32.1. The summed E-state index contributed by atoms with van der Waals surface area (Å²) in [6.07, 6.45) is 3.55. The smallest absolute Gasteiger partial charge is 0.345 e. The van der Waals surface area contributed by atoms with E-state index in [-0.39, 0.29) is 0 Å². The van der Waals surface area contributed by atoms with Crippen LogP contribution in [0.15, 0.2) is 11.4 Å². The van der Waals surface area contributed by atoms with Crippen molar-refractivity contribution in [3.05, 3.63) is 16.3 Å².